The number of ether oxygens (including phenoxy) is 4. The highest BCUT2D eigenvalue weighted by atomic mass is 19.1. The number of Topliss-reactive ketones (excluding diaryl/α,β-unsaturated/α-hetero) is 1. The molecule has 2 aromatic heterocycles. The molecule has 0 radical (unpaired) electrons. The molecule has 2 aromatic carbocycles. The number of nitrogens with zero attached hydrogens (tertiary/aromatic N) is 2. The zero-order valence-electron chi connectivity index (χ0n) is 25.0. The first-order valence-electron chi connectivity index (χ1n) is 14.6. The molecule has 10 heteroatoms. The zero-order chi connectivity index (χ0) is 30.5. The van der Waals surface area contributed by atoms with E-state index in [4.69, 9.17) is 18.9 Å². The Morgan fingerprint density at radius 1 is 1.05 bits per heavy atom. The maximum atomic E-state index is 13.3. The molecule has 1 aliphatic heterocycles. The molecule has 1 atom stereocenters. The maximum Gasteiger partial charge on any atom is 0.357 e. The first-order chi connectivity index (χ1) is 20.8. The number of aromatic amines is 1. The van der Waals surface area contributed by atoms with Crippen LogP contribution in [0.15, 0.2) is 48.7 Å². The second-order valence-electron chi connectivity index (χ2n) is 11.2. The molecular formula is C33H38FN3O6. The Balaban J connectivity index is 1.29. The summed E-state index contributed by atoms with van der Waals surface area (Å²) in [6.07, 6.45) is 2.62. The third-order valence-electron chi connectivity index (χ3n) is 7.86. The Kier molecular flexibility index (Phi) is 9.69. The number of methoxy groups -OCH3 is 2. The molecule has 43 heavy (non-hydrogen) atoms. The van der Waals surface area contributed by atoms with Gasteiger partial charge in [0.1, 0.15) is 24.3 Å². The van der Waals surface area contributed by atoms with Crippen molar-refractivity contribution in [1.29, 1.82) is 0 Å². The van der Waals surface area contributed by atoms with E-state index in [0.717, 1.165) is 47.7 Å². The number of hydrogen-bond donors (Lipinski definition) is 1. The van der Waals surface area contributed by atoms with Crippen LogP contribution in [0.2, 0.25) is 0 Å². The topological polar surface area (TPSA) is 103 Å². The quantitative estimate of drug-likeness (QED) is 0.169. The van der Waals surface area contributed by atoms with Gasteiger partial charge in [-0.2, -0.15) is 0 Å². The second kappa shape index (κ2) is 13.6. The number of carbonyl (C=O) groups excluding carboxylic acids is 2. The van der Waals surface area contributed by atoms with Gasteiger partial charge < -0.3 is 28.8 Å². The van der Waals surface area contributed by atoms with Gasteiger partial charge in [-0.05, 0) is 76.2 Å². The molecule has 228 valence electrons. The van der Waals surface area contributed by atoms with E-state index in [1.807, 2.05) is 18.2 Å². The summed E-state index contributed by atoms with van der Waals surface area (Å²) in [6.45, 7) is 6.26. The number of carbonyl (C=O) groups is 2. The first-order valence-corrected chi connectivity index (χ1v) is 14.6. The van der Waals surface area contributed by atoms with Crippen molar-refractivity contribution in [3.05, 3.63) is 71.3 Å². The molecule has 0 aliphatic carbocycles. The monoisotopic (exact) mass is 591 g/mol. The molecule has 1 unspecified atom stereocenters. The molecule has 9 nitrogen and oxygen atoms in total. The van der Waals surface area contributed by atoms with E-state index in [9.17, 15) is 14.0 Å². The zero-order valence-corrected chi connectivity index (χ0v) is 25.0. The summed E-state index contributed by atoms with van der Waals surface area (Å²) in [6, 6.07) is 11.5. The lowest BCUT2D eigenvalue weighted by molar-refractivity contribution is 0.0215. The number of benzene rings is 2. The third kappa shape index (κ3) is 6.87. The van der Waals surface area contributed by atoms with E-state index in [0.29, 0.717) is 30.0 Å². The summed E-state index contributed by atoms with van der Waals surface area (Å²) < 4.78 is 36.4. The molecule has 0 spiro atoms. The number of fused-ring (bicyclic) bond motifs is 3. The summed E-state index contributed by atoms with van der Waals surface area (Å²) in [5, 5.41) is 1.64. The number of H-pyrrole nitrogens is 1. The molecule has 1 N–H and O–H groups in total. The van der Waals surface area contributed by atoms with E-state index in [1.54, 1.807) is 46.4 Å². The summed E-state index contributed by atoms with van der Waals surface area (Å²) in [5.41, 5.74) is 3.02. The number of likely N-dealkylation sites (tertiary alicyclic amines) is 1. The fourth-order valence-corrected chi connectivity index (χ4v) is 5.72. The van der Waals surface area contributed by atoms with Crippen LogP contribution in [0.1, 0.15) is 53.1 Å². The summed E-state index contributed by atoms with van der Waals surface area (Å²) in [5.74, 6) is -0.192. The molecule has 1 fully saturated rings. The van der Waals surface area contributed by atoms with E-state index < -0.39 is 5.97 Å². The molecule has 0 bridgehead atoms. The summed E-state index contributed by atoms with van der Waals surface area (Å²) in [7, 11) is 3.24. The molecule has 4 aromatic rings. The fraction of sp³-hybridized carbons (Fsp3) is 0.424. The molecule has 5 rings (SSSR count). The van der Waals surface area contributed by atoms with Crippen molar-refractivity contribution in [2.75, 3.05) is 40.5 Å². The van der Waals surface area contributed by atoms with Gasteiger partial charge >= 0.3 is 5.97 Å². The molecule has 0 saturated carbocycles. The second-order valence-corrected chi connectivity index (χ2v) is 11.2. The number of halogens is 1. The molecule has 1 aliphatic rings. The first kappa shape index (κ1) is 30.6. The molecule has 0 amide bonds. The van der Waals surface area contributed by atoms with E-state index in [1.165, 1.54) is 12.1 Å². The Bertz CT molecular complexity index is 1580. The Labute approximate surface area is 250 Å². The van der Waals surface area contributed by atoms with Crippen molar-refractivity contribution in [2.24, 2.45) is 5.92 Å². The SMILES string of the molecule is COCc1c(C(=O)OC(C)C)ncc2[nH]c3cccc(OCC(CN4CCC(C(=O)c5ccc(F)cc5)CC4)OC)c3c12. The number of pyridine rings is 1. The van der Waals surface area contributed by atoms with E-state index in [2.05, 4.69) is 14.9 Å². The van der Waals surface area contributed by atoms with Crippen molar-refractivity contribution in [3.8, 4) is 5.75 Å². The van der Waals surface area contributed by atoms with Gasteiger partial charge in [-0.25, -0.2) is 14.2 Å². The van der Waals surface area contributed by atoms with E-state index >= 15 is 0 Å². The number of piperidine rings is 1. The van der Waals surface area contributed by atoms with Gasteiger partial charge in [-0.15, -0.1) is 0 Å². The van der Waals surface area contributed by atoms with Crippen molar-refractivity contribution < 1.29 is 32.9 Å². The summed E-state index contributed by atoms with van der Waals surface area (Å²) in [4.78, 5) is 35.8. The lowest BCUT2D eigenvalue weighted by Gasteiger charge is -2.33. The number of esters is 1. The average Bonchev–Trinajstić information content (AvgIpc) is 3.39. The van der Waals surface area contributed by atoms with Gasteiger partial charge in [0.15, 0.2) is 11.5 Å². The van der Waals surface area contributed by atoms with Crippen molar-refractivity contribution in [1.82, 2.24) is 14.9 Å². The van der Waals surface area contributed by atoms with E-state index in [-0.39, 0.29) is 42.0 Å². The van der Waals surface area contributed by atoms with Crippen molar-refractivity contribution >= 4 is 33.6 Å². The van der Waals surface area contributed by atoms with Crippen LogP contribution < -0.4 is 4.74 Å². The predicted molar refractivity (Wildman–Crippen MR) is 161 cm³/mol. The maximum absolute atomic E-state index is 13.3. The minimum atomic E-state index is -0.501. The minimum Gasteiger partial charge on any atom is -0.490 e. The number of aromatic nitrogens is 2. The van der Waals surface area contributed by atoms with Crippen LogP contribution in [0.25, 0.3) is 21.8 Å². The van der Waals surface area contributed by atoms with Crippen molar-refractivity contribution in [3.63, 3.8) is 0 Å². The van der Waals surface area contributed by atoms with Gasteiger partial charge in [0.05, 0.1) is 29.9 Å². The number of nitrogens with one attached hydrogen (secondary N) is 1. The largest absolute Gasteiger partial charge is 0.490 e. The fourth-order valence-electron chi connectivity index (χ4n) is 5.72. The highest BCUT2D eigenvalue weighted by molar-refractivity contribution is 6.13. The van der Waals surface area contributed by atoms with Crippen LogP contribution in [0.5, 0.6) is 5.75 Å². The Hall–Kier alpha value is -3.86. The molecule has 1 saturated heterocycles. The van der Waals surface area contributed by atoms with Crippen LogP contribution >= 0.6 is 0 Å². The smallest absolute Gasteiger partial charge is 0.357 e. The number of rotatable bonds is 12. The summed E-state index contributed by atoms with van der Waals surface area (Å²) >= 11 is 0. The molecular weight excluding hydrogens is 553 g/mol. The van der Waals surface area contributed by atoms with Crippen LogP contribution in [0.4, 0.5) is 4.39 Å². The minimum absolute atomic E-state index is 0.0711. The predicted octanol–water partition coefficient (Wildman–Crippen LogP) is 5.56. The third-order valence-corrected chi connectivity index (χ3v) is 7.86. The van der Waals surface area contributed by atoms with Crippen LogP contribution in [0, 0.1) is 11.7 Å². The van der Waals surface area contributed by atoms with Crippen LogP contribution in [-0.2, 0) is 20.8 Å². The highest BCUT2D eigenvalue weighted by Gasteiger charge is 2.28. The van der Waals surface area contributed by atoms with Gasteiger partial charge in [0.25, 0.3) is 0 Å². The standard InChI is InChI=1S/C33H38FN3O6/c1-20(2)43-33(39)31-25(19-40-3)29-27(16-35-31)36-26-6-5-7-28(30(26)29)42-18-24(41-4)17-37-14-12-22(13-15-37)32(38)21-8-10-23(34)11-9-21/h5-11,16,20,22,24,36H,12-15,17-19H2,1-4H3. The number of hydrogen-bond acceptors (Lipinski definition) is 8. The van der Waals surface area contributed by atoms with Gasteiger partial charge in [-0.3, -0.25) is 4.79 Å². The van der Waals surface area contributed by atoms with Gasteiger partial charge in [0, 0.05) is 48.6 Å². The highest BCUT2D eigenvalue weighted by Crippen LogP contribution is 2.36. The lowest BCUT2D eigenvalue weighted by atomic mass is 9.89. The normalized spacial score (nSPS) is 15.3. The molecule has 3 heterocycles. The Morgan fingerprint density at radius 2 is 1.79 bits per heavy atom. The van der Waals surface area contributed by atoms with Crippen molar-refractivity contribution in [2.45, 2.75) is 45.5 Å². The average molecular weight is 592 g/mol. The number of ketones is 1. The Morgan fingerprint density at radius 3 is 2.47 bits per heavy atom. The van der Waals surface area contributed by atoms with Gasteiger partial charge in [0.2, 0.25) is 0 Å². The lowest BCUT2D eigenvalue weighted by Crippen LogP contribution is -2.42. The van der Waals surface area contributed by atoms with Crippen LogP contribution in [0.3, 0.4) is 0 Å². The van der Waals surface area contributed by atoms with Gasteiger partial charge in [-0.1, -0.05) is 6.07 Å². The van der Waals surface area contributed by atoms with Crippen LogP contribution in [-0.4, -0.2) is 79.3 Å².